The quantitative estimate of drug-likeness (QED) is 0.0522. The molecule has 1 N–H and O–H groups in total. The zero-order valence-corrected chi connectivity index (χ0v) is 26.8. The van der Waals surface area contributed by atoms with Crippen molar-refractivity contribution in [3.8, 4) is 0 Å². The number of hydrogen-bond acceptors (Lipinski definition) is 7. The molecule has 1 amide bonds. The van der Waals surface area contributed by atoms with Crippen LogP contribution in [0.4, 0.5) is 11.4 Å². The van der Waals surface area contributed by atoms with E-state index in [4.69, 9.17) is 16.3 Å². The number of amides is 1. The van der Waals surface area contributed by atoms with Gasteiger partial charge in [-0.25, -0.2) is 9.48 Å². The number of carbonyl (C=O) groups is 3. The number of ether oxygens (including phenoxy) is 1. The second-order valence-corrected chi connectivity index (χ2v) is 12.5. The number of esters is 1. The minimum Gasteiger partial charge on any atom is -0.462 e. The highest BCUT2D eigenvalue weighted by molar-refractivity contribution is 6.34. The highest BCUT2D eigenvalue weighted by Crippen LogP contribution is 2.31. The first-order chi connectivity index (χ1) is 20.9. The van der Waals surface area contributed by atoms with Crippen LogP contribution in [0.5, 0.6) is 0 Å². The molecule has 1 heterocycles. The van der Waals surface area contributed by atoms with Crippen molar-refractivity contribution in [3.63, 3.8) is 0 Å². The number of halogens is 1. The molecule has 3 aromatic rings. The lowest BCUT2D eigenvalue weighted by Crippen LogP contribution is -2.39. The zero-order valence-electron chi connectivity index (χ0n) is 26.1. The van der Waals surface area contributed by atoms with Gasteiger partial charge in [0.1, 0.15) is 0 Å². The molecule has 11 heteroatoms. The van der Waals surface area contributed by atoms with E-state index < -0.39 is 34.0 Å². The molecule has 10 nitrogen and oxygen atoms in total. The number of non-ortho nitro benzene ring substituents is 1. The van der Waals surface area contributed by atoms with E-state index in [9.17, 15) is 24.5 Å². The van der Waals surface area contributed by atoms with Gasteiger partial charge in [-0.3, -0.25) is 19.7 Å². The Morgan fingerprint density at radius 2 is 1.61 bits per heavy atom. The van der Waals surface area contributed by atoms with Crippen molar-refractivity contribution < 1.29 is 24.0 Å². The van der Waals surface area contributed by atoms with E-state index >= 15 is 0 Å². The standard InChI is InChI=1S/C33H43ClN4O6/c1-5-6-7-8-9-10-11-12-13-14-19-44-32(41)23-16-18-26(34)27(20-23)36-31(40)29(30(39)33(2,3)4)37-28-21-25(38(42)43)17-15-24(28)22-35-37/h15-18,20-22,29H,5-14,19H2,1-4H3,(H,36,40). The van der Waals surface area contributed by atoms with Gasteiger partial charge in [0.2, 0.25) is 0 Å². The summed E-state index contributed by atoms with van der Waals surface area (Å²) in [6.45, 7) is 7.51. The number of rotatable bonds is 17. The van der Waals surface area contributed by atoms with Gasteiger partial charge < -0.3 is 10.1 Å². The fourth-order valence-corrected chi connectivity index (χ4v) is 5.05. The van der Waals surface area contributed by atoms with Gasteiger partial charge in [0.25, 0.3) is 11.6 Å². The third-order valence-electron chi connectivity index (χ3n) is 7.46. The predicted molar refractivity (Wildman–Crippen MR) is 172 cm³/mol. The second kappa shape index (κ2) is 16.3. The van der Waals surface area contributed by atoms with Crippen LogP contribution in [-0.4, -0.2) is 39.0 Å². The Kier molecular flexibility index (Phi) is 12.9. The Morgan fingerprint density at radius 1 is 0.977 bits per heavy atom. The maximum Gasteiger partial charge on any atom is 0.338 e. The van der Waals surface area contributed by atoms with E-state index in [1.165, 1.54) is 92.2 Å². The molecule has 1 unspecified atom stereocenters. The molecule has 1 atom stereocenters. The Hall–Kier alpha value is -3.79. The van der Waals surface area contributed by atoms with Crippen molar-refractivity contribution in [2.24, 2.45) is 5.41 Å². The molecule has 0 saturated carbocycles. The van der Waals surface area contributed by atoms with Crippen LogP contribution in [0.25, 0.3) is 10.9 Å². The van der Waals surface area contributed by atoms with Crippen LogP contribution in [0.1, 0.15) is 108 Å². The average Bonchev–Trinajstić information content (AvgIpc) is 3.39. The lowest BCUT2D eigenvalue weighted by molar-refractivity contribution is -0.384. The summed E-state index contributed by atoms with van der Waals surface area (Å²) in [6, 6.07) is 7.05. The number of unbranched alkanes of at least 4 members (excludes halogenated alkanes) is 9. The van der Waals surface area contributed by atoms with Gasteiger partial charge in [-0.1, -0.05) is 97.1 Å². The number of carbonyl (C=O) groups excluding carboxylic acids is 3. The smallest absolute Gasteiger partial charge is 0.338 e. The lowest BCUT2D eigenvalue weighted by atomic mass is 9.86. The molecule has 0 fully saturated rings. The van der Waals surface area contributed by atoms with Crippen molar-refractivity contribution in [1.29, 1.82) is 0 Å². The molecule has 0 spiro atoms. The van der Waals surface area contributed by atoms with E-state index in [0.29, 0.717) is 12.0 Å². The maximum atomic E-state index is 13.7. The molecule has 1 aromatic heterocycles. The van der Waals surface area contributed by atoms with Crippen molar-refractivity contribution in [2.45, 2.75) is 97.9 Å². The summed E-state index contributed by atoms with van der Waals surface area (Å²) in [6.07, 6.45) is 13.2. The van der Waals surface area contributed by atoms with Gasteiger partial charge >= 0.3 is 5.97 Å². The van der Waals surface area contributed by atoms with E-state index in [-0.39, 0.29) is 27.5 Å². The summed E-state index contributed by atoms with van der Waals surface area (Å²) in [5.74, 6) is -1.75. The number of Topliss-reactive ketones (excluding diaryl/α,β-unsaturated/α-hetero) is 1. The third kappa shape index (κ3) is 9.61. The fourth-order valence-electron chi connectivity index (χ4n) is 4.88. The number of fused-ring (bicyclic) bond motifs is 1. The number of nitrogens with one attached hydrogen (secondary N) is 1. The predicted octanol–water partition coefficient (Wildman–Crippen LogP) is 8.47. The Bertz CT molecular complexity index is 1460. The van der Waals surface area contributed by atoms with E-state index in [0.717, 1.165) is 19.3 Å². The van der Waals surface area contributed by atoms with Gasteiger partial charge in [0.05, 0.1) is 39.5 Å². The summed E-state index contributed by atoms with van der Waals surface area (Å²) in [5, 5.41) is 19.0. The van der Waals surface area contributed by atoms with E-state index in [1.807, 2.05) is 0 Å². The Balaban J connectivity index is 1.67. The van der Waals surface area contributed by atoms with Gasteiger partial charge in [-0.2, -0.15) is 5.10 Å². The number of ketones is 1. The van der Waals surface area contributed by atoms with Gasteiger partial charge in [0.15, 0.2) is 11.8 Å². The minimum atomic E-state index is -1.46. The number of nitro benzene ring substituents is 1. The van der Waals surface area contributed by atoms with Crippen molar-refractivity contribution >= 4 is 51.5 Å². The summed E-state index contributed by atoms with van der Waals surface area (Å²) >= 11 is 6.37. The Labute approximate surface area is 263 Å². The maximum absolute atomic E-state index is 13.7. The minimum absolute atomic E-state index is 0.124. The number of benzene rings is 2. The number of hydrogen-bond donors (Lipinski definition) is 1. The first kappa shape index (κ1) is 34.7. The second-order valence-electron chi connectivity index (χ2n) is 12.1. The lowest BCUT2D eigenvalue weighted by Gasteiger charge is -2.25. The fraction of sp³-hybridized carbons (Fsp3) is 0.515. The third-order valence-corrected chi connectivity index (χ3v) is 7.79. The summed E-state index contributed by atoms with van der Waals surface area (Å²) < 4.78 is 6.63. The summed E-state index contributed by atoms with van der Waals surface area (Å²) in [4.78, 5) is 50.8. The molecule has 3 rings (SSSR count). The van der Waals surface area contributed by atoms with Crippen LogP contribution in [0.15, 0.2) is 42.6 Å². The SMILES string of the molecule is CCCCCCCCCCCCOC(=O)c1ccc(Cl)c(NC(=O)C(C(=O)C(C)(C)C)n2ncc3ccc([N+](=O)[O-])cc32)c1. The summed E-state index contributed by atoms with van der Waals surface area (Å²) in [7, 11) is 0. The van der Waals surface area contributed by atoms with Gasteiger partial charge in [-0.05, 0) is 30.7 Å². The molecule has 238 valence electrons. The molecule has 2 aromatic carbocycles. The molecule has 0 radical (unpaired) electrons. The highest BCUT2D eigenvalue weighted by atomic mass is 35.5. The van der Waals surface area contributed by atoms with Crippen molar-refractivity contribution in [3.05, 3.63) is 63.3 Å². The van der Waals surface area contributed by atoms with Crippen LogP contribution >= 0.6 is 11.6 Å². The molecular formula is C33H43ClN4O6. The highest BCUT2D eigenvalue weighted by Gasteiger charge is 2.38. The first-order valence-electron chi connectivity index (χ1n) is 15.4. The molecule has 44 heavy (non-hydrogen) atoms. The summed E-state index contributed by atoms with van der Waals surface area (Å²) in [5.41, 5.74) is -0.568. The van der Waals surface area contributed by atoms with Crippen LogP contribution in [-0.2, 0) is 14.3 Å². The molecular weight excluding hydrogens is 584 g/mol. The number of nitro groups is 1. The van der Waals surface area contributed by atoms with Gasteiger partial charge in [-0.15, -0.1) is 0 Å². The average molecular weight is 627 g/mol. The molecule has 0 aliphatic rings. The van der Waals surface area contributed by atoms with Gasteiger partial charge in [0, 0.05) is 22.9 Å². The van der Waals surface area contributed by atoms with Crippen LogP contribution < -0.4 is 5.32 Å². The van der Waals surface area contributed by atoms with E-state index in [2.05, 4.69) is 17.3 Å². The van der Waals surface area contributed by atoms with Crippen molar-refractivity contribution in [1.82, 2.24) is 9.78 Å². The van der Waals surface area contributed by atoms with Crippen LogP contribution in [0.2, 0.25) is 5.02 Å². The Morgan fingerprint density at radius 3 is 2.23 bits per heavy atom. The van der Waals surface area contributed by atoms with Crippen LogP contribution in [0.3, 0.4) is 0 Å². The number of nitrogens with zero attached hydrogens (tertiary/aromatic N) is 3. The topological polar surface area (TPSA) is 133 Å². The first-order valence-corrected chi connectivity index (χ1v) is 15.8. The monoisotopic (exact) mass is 626 g/mol. The van der Waals surface area contributed by atoms with Crippen LogP contribution in [0, 0.1) is 15.5 Å². The molecule has 0 bridgehead atoms. The number of aromatic nitrogens is 2. The molecule has 0 aliphatic carbocycles. The molecule has 0 saturated heterocycles. The zero-order chi connectivity index (χ0) is 32.3. The normalized spacial score (nSPS) is 12.2. The molecule has 0 aliphatic heterocycles. The van der Waals surface area contributed by atoms with E-state index in [1.54, 1.807) is 20.8 Å². The largest absolute Gasteiger partial charge is 0.462 e. The number of anilines is 1. The van der Waals surface area contributed by atoms with Crippen molar-refractivity contribution in [2.75, 3.05) is 11.9 Å².